The fraction of sp³-hybridized carbons (Fsp3) is 0.300. The normalized spacial score (nSPS) is 7.00. The minimum Gasteiger partial charge on any atom is -0.400 e. The fourth-order valence-electron chi connectivity index (χ4n) is 0.637. The smallest absolute Gasteiger partial charge is 0.106 e. The van der Waals surface area contributed by atoms with Gasteiger partial charge >= 0.3 is 0 Å². The van der Waals surface area contributed by atoms with Crippen LogP contribution in [0.25, 0.3) is 0 Å². The SMILES string of the molecule is C=O.CO.Cc1ccc(C)cc1. The summed E-state index contributed by atoms with van der Waals surface area (Å²) in [5, 5.41) is 7.00. The van der Waals surface area contributed by atoms with Crippen LogP contribution in [0.1, 0.15) is 11.1 Å². The molecule has 0 unspecified atom stereocenters. The van der Waals surface area contributed by atoms with Crippen LogP contribution in [0.5, 0.6) is 0 Å². The zero-order chi connectivity index (χ0) is 9.98. The van der Waals surface area contributed by atoms with Crippen LogP contribution in [-0.2, 0) is 4.79 Å². The van der Waals surface area contributed by atoms with Crippen molar-refractivity contribution in [1.82, 2.24) is 0 Å². The van der Waals surface area contributed by atoms with E-state index in [2.05, 4.69) is 38.1 Å². The molecular weight excluding hydrogens is 152 g/mol. The third kappa shape index (κ3) is 6.96. The molecule has 1 aromatic rings. The van der Waals surface area contributed by atoms with Gasteiger partial charge in [-0.15, -0.1) is 0 Å². The molecule has 0 saturated carbocycles. The molecule has 0 aliphatic heterocycles. The molecule has 2 nitrogen and oxygen atoms in total. The van der Waals surface area contributed by atoms with E-state index in [0.717, 1.165) is 7.11 Å². The highest BCUT2D eigenvalue weighted by molar-refractivity contribution is 5.19. The molecule has 2 heteroatoms. The number of hydrogen-bond donors (Lipinski definition) is 1. The number of aryl methyl sites for hydroxylation is 2. The van der Waals surface area contributed by atoms with Crippen molar-refractivity contribution in [3.05, 3.63) is 35.4 Å². The van der Waals surface area contributed by atoms with E-state index in [0.29, 0.717) is 0 Å². The second kappa shape index (κ2) is 9.85. The number of carbonyl (C=O) groups is 1. The van der Waals surface area contributed by atoms with E-state index in [-0.39, 0.29) is 0 Å². The van der Waals surface area contributed by atoms with Gasteiger partial charge in [0.2, 0.25) is 0 Å². The minimum absolute atomic E-state index is 1.00. The molecule has 12 heavy (non-hydrogen) atoms. The molecule has 68 valence electrons. The second-order valence-electron chi connectivity index (χ2n) is 2.15. The molecule has 0 aliphatic rings. The minimum atomic E-state index is 1.00. The topological polar surface area (TPSA) is 37.3 Å². The molecule has 1 N–H and O–H groups in total. The van der Waals surface area contributed by atoms with Crippen molar-refractivity contribution in [2.24, 2.45) is 0 Å². The summed E-state index contributed by atoms with van der Waals surface area (Å²) in [5.74, 6) is 0. The maximum Gasteiger partial charge on any atom is 0.106 e. The molecule has 0 bridgehead atoms. The third-order valence-corrected chi connectivity index (χ3v) is 1.22. The fourth-order valence-corrected chi connectivity index (χ4v) is 0.637. The first-order valence-corrected chi connectivity index (χ1v) is 3.56. The Morgan fingerprint density at radius 1 is 0.917 bits per heavy atom. The zero-order valence-corrected chi connectivity index (χ0v) is 7.87. The Kier molecular flexibility index (Phi) is 11.0. The Labute approximate surface area is 73.9 Å². The van der Waals surface area contributed by atoms with Crippen molar-refractivity contribution in [2.75, 3.05) is 7.11 Å². The highest BCUT2D eigenvalue weighted by Crippen LogP contribution is 1.99. The number of carbonyl (C=O) groups excluding carboxylic acids is 1. The molecule has 1 rings (SSSR count). The van der Waals surface area contributed by atoms with Crippen LogP contribution in [0.2, 0.25) is 0 Å². The van der Waals surface area contributed by atoms with Gasteiger partial charge in [-0.1, -0.05) is 35.4 Å². The van der Waals surface area contributed by atoms with E-state index >= 15 is 0 Å². The lowest BCUT2D eigenvalue weighted by molar-refractivity contribution is -0.0979. The lowest BCUT2D eigenvalue weighted by atomic mass is 10.2. The van der Waals surface area contributed by atoms with Gasteiger partial charge < -0.3 is 9.90 Å². The molecule has 0 aliphatic carbocycles. The van der Waals surface area contributed by atoms with Gasteiger partial charge in [-0.2, -0.15) is 0 Å². The molecule has 1 aromatic carbocycles. The molecule has 0 saturated heterocycles. The Hall–Kier alpha value is -1.15. The van der Waals surface area contributed by atoms with Gasteiger partial charge in [-0.05, 0) is 13.8 Å². The monoisotopic (exact) mass is 168 g/mol. The van der Waals surface area contributed by atoms with E-state index < -0.39 is 0 Å². The second-order valence-corrected chi connectivity index (χ2v) is 2.15. The molecule has 0 spiro atoms. The summed E-state index contributed by atoms with van der Waals surface area (Å²) < 4.78 is 0. The van der Waals surface area contributed by atoms with Crippen LogP contribution in [0, 0.1) is 13.8 Å². The number of aliphatic hydroxyl groups excluding tert-OH is 1. The van der Waals surface area contributed by atoms with Crippen LogP contribution in [0.15, 0.2) is 24.3 Å². The molecule has 0 aromatic heterocycles. The summed E-state index contributed by atoms with van der Waals surface area (Å²) in [7, 11) is 1.00. The Balaban J connectivity index is 0. The van der Waals surface area contributed by atoms with Crippen molar-refractivity contribution in [2.45, 2.75) is 13.8 Å². The molecule has 0 heterocycles. The van der Waals surface area contributed by atoms with Gasteiger partial charge in [-0.25, -0.2) is 0 Å². The summed E-state index contributed by atoms with van der Waals surface area (Å²) in [6.07, 6.45) is 0. The van der Waals surface area contributed by atoms with E-state index in [1.807, 2.05) is 6.79 Å². The lowest BCUT2D eigenvalue weighted by Crippen LogP contribution is -1.70. The average molecular weight is 168 g/mol. The summed E-state index contributed by atoms with van der Waals surface area (Å²) in [4.78, 5) is 8.00. The van der Waals surface area contributed by atoms with Gasteiger partial charge in [-0.3, -0.25) is 0 Å². The largest absolute Gasteiger partial charge is 0.400 e. The van der Waals surface area contributed by atoms with Gasteiger partial charge in [0.1, 0.15) is 6.79 Å². The summed E-state index contributed by atoms with van der Waals surface area (Å²) in [6, 6.07) is 8.48. The van der Waals surface area contributed by atoms with Crippen LogP contribution >= 0.6 is 0 Å². The van der Waals surface area contributed by atoms with Crippen molar-refractivity contribution < 1.29 is 9.90 Å². The van der Waals surface area contributed by atoms with Crippen LogP contribution in [-0.4, -0.2) is 19.0 Å². The average Bonchev–Trinajstić information content (AvgIpc) is 2.17. The number of rotatable bonds is 0. The van der Waals surface area contributed by atoms with Crippen molar-refractivity contribution in [1.29, 1.82) is 0 Å². The van der Waals surface area contributed by atoms with Crippen molar-refractivity contribution >= 4 is 6.79 Å². The van der Waals surface area contributed by atoms with Gasteiger partial charge in [0, 0.05) is 7.11 Å². The zero-order valence-electron chi connectivity index (χ0n) is 7.87. The number of hydrogen-bond acceptors (Lipinski definition) is 2. The quantitative estimate of drug-likeness (QED) is 0.640. The summed E-state index contributed by atoms with van der Waals surface area (Å²) in [5.41, 5.74) is 2.66. The Morgan fingerprint density at radius 2 is 1.08 bits per heavy atom. The maximum absolute atomic E-state index is 8.00. The maximum atomic E-state index is 8.00. The van der Waals surface area contributed by atoms with Gasteiger partial charge in [0.25, 0.3) is 0 Å². The van der Waals surface area contributed by atoms with Crippen LogP contribution < -0.4 is 0 Å². The van der Waals surface area contributed by atoms with Gasteiger partial charge in [0.15, 0.2) is 0 Å². The predicted molar refractivity (Wildman–Crippen MR) is 51.2 cm³/mol. The van der Waals surface area contributed by atoms with Crippen molar-refractivity contribution in [3.63, 3.8) is 0 Å². The molecular formula is C10H16O2. The van der Waals surface area contributed by atoms with Crippen LogP contribution in [0.3, 0.4) is 0 Å². The molecule has 0 atom stereocenters. The molecule has 0 radical (unpaired) electrons. The van der Waals surface area contributed by atoms with Crippen molar-refractivity contribution in [3.8, 4) is 0 Å². The van der Waals surface area contributed by atoms with E-state index in [1.165, 1.54) is 11.1 Å². The third-order valence-electron chi connectivity index (χ3n) is 1.22. The predicted octanol–water partition coefficient (Wildman–Crippen LogP) is 1.73. The van der Waals surface area contributed by atoms with E-state index in [4.69, 9.17) is 9.90 Å². The van der Waals surface area contributed by atoms with E-state index in [1.54, 1.807) is 0 Å². The molecule has 0 amide bonds. The standard InChI is InChI=1S/C8H10.CH4O.CH2O/c1-7-3-5-8(2)6-4-7;2*1-2/h3-6H,1-2H3;2H,1H3;1H2. The summed E-state index contributed by atoms with van der Waals surface area (Å²) in [6.45, 7) is 6.19. The number of benzene rings is 1. The van der Waals surface area contributed by atoms with Crippen LogP contribution in [0.4, 0.5) is 0 Å². The first kappa shape index (κ1) is 13.4. The highest BCUT2D eigenvalue weighted by Gasteiger charge is 1.79. The Bertz CT molecular complexity index is 159. The van der Waals surface area contributed by atoms with Gasteiger partial charge in [0.05, 0.1) is 0 Å². The first-order valence-electron chi connectivity index (χ1n) is 3.56. The highest BCUT2D eigenvalue weighted by atomic mass is 16.2. The first-order chi connectivity index (χ1) is 5.79. The number of aliphatic hydroxyl groups is 1. The lowest BCUT2D eigenvalue weighted by Gasteiger charge is -1.90. The van der Waals surface area contributed by atoms with E-state index in [9.17, 15) is 0 Å². The molecule has 0 fully saturated rings. The summed E-state index contributed by atoms with van der Waals surface area (Å²) >= 11 is 0. The Morgan fingerprint density at radius 3 is 1.25 bits per heavy atom.